The van der Waals surface area contributed by atoms with Crippen LogP contribution in [0.4, 0.5) is 0 Å². The minimum absolute atomic E-state index is 0.625. The Morgan fingerprint density at radius 1 is 1.00 bits per heavy atom. The fraction of sp³-hybridized carbons (Fsp3) is 0.474. The van der Waals surface area contributed by atoms with Crippen molar-refractivity contribution in [3.05, 3.63) is 52.2 Å². The highest BCUT2D eigenvalue weighted by atomic mass is 28.3. The van der Waals surface area contributed by atoms with Crippen molar-refractivity contribution in [3.63, 3.8) is 0 Å². The Labute approximate surface area is 139 Å². The fourth-order valence-corrected chi connectivity index (χ4v) is 9.82. The lowest BCUT2D eigenvalue weighted by Crippen LogP contribution is -2.52. The third-order valence-electron chi connectivity index (χ3n) is 5.12. The summed E-state index contributed by atoms with van der Waals surface area (Å²) in [7, 11) is -2.41. The third-order valence-corrected chi connectivity index (χ3v) is 10.3. The molecule has 2 atom stereocenters. The van der Waals surface area contributed by atoms with E-state index in [-0.39, 0.29) is 0 Å². The summed E-state index contributed by atoms with van der Waals surface area (Å²) in [6, 6.07) is 11.2. The van der Waals surface area contributed by atoms with Crippen LogP contribution < -0.4 is 10.2 Å². The molecule has 0 bridgehead atoms. The number of benzene rings is 1. The molecule has 1 aliphatic rings. The predicted molar refractivity (Wildman–Crippen MR) is 105 cm³/mol. The smallest absolute Gasteiger partial charge is 0.116 e. The molecule has 2 unspecified atom stereocenters. The first-order valence-corrected chi connectivity index (χ1v) is 13.9. The predicted octanol–water partition coefficient (Wildman–Crippen LogP) is 3.93. The van der Waals surface area contributed by atoms with Crippen LogP contribution in [-0.4, -0.2) is 23.2 Å². The highest BCUT2D eigenvalue weighted by molar-refractivity contribution is 6.82. The molecule has 0 aliphatic heterocycles. The van der Waals surface area contributed by atoms with E-state index in [1.54, 1.807) is 21.5 Å². The second-order valence-corrected chi connectivity index (χ2v) is 15.4. The quantitative estimate of drug-likeness (QED) is 0.807. The first-order chi connectivity index (χ1) is 10.2. The van der Waals surface area contributed by atoms with E-state index in [4.69, 9.17) is 0 Å². The van der Waals surface area contributed by atoms with Gasteiger partial charge in [0, 0.05) is 0 Å². The van der Waals surface area contributed by atoms with Gasteiger partial charge in [0.25, 0.3) is 0 Å². The van der Waals surface area contributed by atoms with Gasteiger partial charge < -0.3 is 4.98 Å². The van der Waals surface area contributed by atoms with Crippen molar-refractivity contribution in [3.8, 4) is 0 Å². The first-order valence-electron chi connectivity index (χ1n) is 8.40. The van der Waals surface area contributed by atoms with Gasteiger partial charge in [-0.3, -0.25) is 0 Å². The van der Waals surface area contributed by atoms with E-state index >= 15 is 0 Å². The van der Waals surface area contributed by atoms with Crippen LogP contribution in [0.5, 0.6) is 0 Å². The molecule has 0 saturated carbocycles. The number of hydrogen-bond acceptors (Lipinski definition) is 1. The first kappa shape index (κ1) is 17.4. The van der Waals surface area contributed by atoms with Gasteiger partial charge in [0.1, 0.15) is 17.0 Å². The standard InChI is InChI=1S/C19H31NSi2/c1-14-15(2)17(4)19(16(14)3)21(13-20-22(5,6)7)18-11-9-8-10-12-18/h8-12,16,20-21H,13H2,1-7H3. The Bertz CT molecular complexity index is 594. The largest absolute Gasteiger partial charge is 0.339 e. The van der Waals surface area contributed by atoms with E-state index < -0.39 is 17.0 Å². The van der Waals surface area contributed by atoms with Crippen molar-refractivity contribution in [2.45, 2.75) is 47.3 Å². The van der Waals surface area contributed by atoms with Crippen molar-refractivity contribution in [1.82, 2.24) is 4.98 Å². The lowest BCUT2D eigenvalue weighted by Gasteiger charge is -2.27. The minimum atomic E-state index is -1.23. The van der Waals surface area contributed by atoms with Crippen LogP contribution in [0.3, 0.4) is 0 Å². The lowest BCUT2D eigenvalue weighted by molar-refractivity contribution is 0.849. The molecule has 0 radical (unpaired) electrons. The Kier molecular flexibility index (Phi) is 5.30. The van der Waals surface area contributed by atoms with E-state index in [9.17, 15) is 0 Å². The molecule has 0 fully saturated rings. The van der Waals surface area contributed by atoms with Gasteiger partial charge in [-0.05, 0) is 38.4 Å². The Morgan fingerprint density at radius 3 is 2.05 bits per heavy atom. The molecule has 22 heavy (non-hydrogen) atoms. The van der Waals surface area contributed by atoms with Gasteiger partial charge >= 0.3 is 0 Å². The molecular weight excluding hydrogens is 298 g/mol. The maximum atomic E-state index is 3.92. The molecule has 1 aromatic rings. The van der Waals surface area contributed by atoms with Gasteiger partial charge in [-0.1, -0.05) is 78.4 Å². The maximum absolute atomic E-state index is 3.92. The lowest BCUT2D eigenvalue weighted by atomic mass is 10.1. The molecule has 120 valence electrons. The van der Waals surface area contributed by atoms with Crippen LogP contribution in [0.25, 0.3) is 0 Å². The molecule has 1 aromatic carbocycles. The van der Waals surface area contributed by atoms with Gasteiger partial charge in [-0.2, -0.15) is 0 Å². The van der Waals surface area contributed by atoms with Crippen molar-refractivity contribution >= 4 is 22.2 Å². The van der Waals surface area contributed by atoms with Gasteiger partial charge in [0.2, 0.25) is 0 Å². The van der Waals surface area contributed by atoms with E-state index in [0.717, 1.165) is 0 Å². The van der Waals surface area contributed by atoms with Crippen molar-refractivity contribution in [2.75, 3.05) is 6.17 Å². The molecule has 1 nitrogen and oxygen atoms in total. The average molecular weight is 330 g/mol. The summed E-state index contributed by atoms with van der Waals surface area (Å²) >= 11 is 0. The monoisotopic (exact) mass is 329 g/mol. The molecular formula is C19H31NSi2. The number of rotatable bonds is 5. The molecule has 0 aromatic heterocycles. The topological polar surface area (TPSA) is 12.0 Å². The molecule has 1 N–H and O–H groups in total. The zero-order valence-corrected chi connectivity index (χ0v) is 17.4. The molecule has 3 heteroatoms. The average Bonchev–Trinajstić information content (AvgIpc) is 2.65. The minimum Gasteiger partial charge on any atom is -0.339 e. The summed E-state index contributed by atoms with van der Waals surface area (Å²) in [6.45, 7) is 16.6. The van der Waals surface area contributed by atoms with E-state index in [0.29, 0.717) is 5.92 Å². The molecule has 1 aliphatic carbocycles. The third kappa shape index (κ3) is 3.70. The highest BCUT2D eigenvalue weighted by Crippen LogP contribution is 2.37. The van der Waals surface area contributed by atoms with Crippen molar-refractivity contribution in [1.29, 1.82) is 0 Å². The molecule has 0 spiro atoms. The normalized spacial score (nSPS) is 20.8. The van der Waals surface area contributed by atoms with Crippen molar-refractivity contribution < 1.29 is 0 Å². The maximum Gasteiger partial charge on any atom is 0.116 e. The van der Waals surface area contributed by atoms with Crippen LogP contribution in [0.15, 0.2) is 52.2 Å². The van der Waals surface area contributed by atoms with Gasteiger partial charge in [-0.25, -0.2) is 0 Å². The van der Waals surface area contributed by atoms with E-state index in [1.807, 2.05) is 0 Å². The number of hydrogen-bond donors (Lipinski definition) is 1. The van der Waals surface area contributed by atoms with Crippen LogP contribution >= 0.6 is 0 Å². The van der Waals surface area contributed by atoms with Gasteiger partial charge in [-0.15, -0.1) is 0 Å². The van der Waals surface area contributed by atoms with Gasteiger partial charge in [0.05, 0.1) is 0 Å². The summed E-state index contributed by atoms with van der Waals surface area (Å²) in [6.07, 6.45) is 1.19. The molecule has 2 rings (SSSR count). The Morgan fingerprint density at radius 2 is 1.59 bits per heavy atom. The van der Waals surface area contributed by atoms with Crippen LogP contribution in [0.2, 0.25) is 19.6 Å². The Balaban J connectivity index is 2.38. The fourth-order valence-electron chi connectivity index (χ4n) is 3.46. The highest BCUT2D eigenvalue weighted by Gasteiger charge is 2.31. The van der Waals surface area contributed by atoms with Crippen LogP contribution in [0, 0.1) is 5.92 Å². The summed E-state index contributed by atoms with van der Waals surface area (Å²) in [5.74, 6) is 0.625. The number of nitrogens with one attached hydrogen (secondary N) is 1. The van der Waals surface area contributed by atoms with Gasteiger partial charge in [0.15, 0.2) is 0 Å². The second-order valence-electron chi connectivity index (χ2n) is 7.70. The summed E-state index contributed by atoms with van der Waals surface area (Å²) in [5, 5.41) is 3.34. The molecule has 0 heterocycles. The summed E-state index contributed by atoms with van der Waals surface area (Å²) in [5.41, 5.74) is 4.68. The second kappa shape index (κ2) is 6.69. The zero-order chi connectivity index (χ0) is 16.5. The molecule has 0 saturated heterocycles. The van der Waals surface area contributed by atoms with Crippen LogP contribution in [0.1, 0.15) is 27.7 Å². The Hall–Kier alpha value is -0.906. The summed E-state index contributed by atoms with van der Waals surface area (Å²) < 4.78 is 0. The summed E-state index contributed by atoms with van der Waals surface area (Å²) in [4.78, 5) is 3.92. The van der Waals surface area contributed by atoms with Crippen molar-refractivity contribution in [2.24, 2.45) is 5.92 Å². The number of allylic oxidation sites excluding steroid dienone is 4. The van der Waals surface area contributed by atoms with E-state index in [2.05, 4.69) is 82.7 Å². The SMILES string of the molecule is CC1=C(C)C(C)C([SiH](CN[Si](C)(C)C)c2ccccc2)=C1C. The van der Waals surface area contributed by atoms with Crippen LogP contribution in [-0.2, 0) is 0 Å². The van der Waals surface area contributed by atoms with E-state index in [1.165, 1.54) is 11.7 Å². The zero-order valence-electron chi connectivity index (χ0n) is 15.2. The molecule has 0 amide bonds.